The third-order valence-corrected chi connectivity index (χ3v) is 5.12. The van der Waals surface area contributed by atoms with Gasteiger partial charge in [0.05, 0.1) is 0 Å². The van der Waals surface area contributed by atoms with Crippen molar-refractivity contribution < 1.29 is 5.21 Å². The van der Waals surface area contributed by atoms with Crippen LogP contribution >= 0.6 is 0 Å². The molecule has 0 unspecified atom stereocenters. The van der Waals surface area contributed by atoms with Gasteiger partial charge in [0.2, 0.25) is 0 Å². The standard InChI is InChI=1S/C14H27N3O/c1-3-13(2)6-8-17(9-7-13)11-14(4-5-14)10-12(15)16-18/h18H,3-11H2,1-2H3,(H2,15,16). The number of nitrogens with zero attached hydrogens (tertiary/aromatic N) is 2. The van der Waals surface area contributed by atoms with Crippen LogP contribution < -0.4 is 5.73 Å². The summed E-state index contributed by atoms with van der Waals surface area (Å²) in [6.07, 6.45) is 7.11. The lowest BCUT2D eigenvalue weighted by Crippen LogP contribution is -2.41. The lowest BCUT2D eigenvalue weighted by Gasteiger charge is -2.40. The first-order chi connectivity index (χ1) is 8.51. The number of piperidine rings is 1. The van der Waals surface area contributed by atoms with Crippen molar-refractivity contribution >= 4 is 5.84 Å². The Morgan fingerprint density at radius 3 is 2.33 bits per heavy atom. The maximum Gasteiger partial charge on any atom is 0.139 e. The van der Waals surface area contributed by atoms with Crippen LogP contribution in [0.2, 0.25) is 0 Å². The van der Waals surface area contributed by atoms with Crippen LogP contribution in [0.5, 0.6) is 0 Å². The van der Waals surface area contributed by atoms with E-state index in [0.29, 0.717) is 16.7 Å². The zero-order chi connectivity index (χ0) is 13.2. The molecule has 0 aromatic carbocycles. The first-order valence-corrected chi connectivity index (χ1v) is 7.20. The van der Waals surface area contributed by atoms with Gasteiger partial charge in [-0.25, -0.2) is 0 Å². The van der Waals surface area contributed by atoms with Crippen molar-refractivity contribution in [3.05, 3.63) is 0 Å². The number of oxime groups is 1. The van der Waals surface area contributed by atoms with Gasteiger partial charge in [0, 0.05) is 13.0 Å². The molecule has 2 rings (SSSR count). The fourth-order valence-corrected chi connectivity index (χ4v) is 3.07. The van der Waals surface area contributed by atoms with Gasteiger partial charge in [-0.3, -0.25) is 0 Å². The number of rotatable bonds is 5. The van der Waals surface area contributed by atoms with Crippen LogP contribution in [0.15, 0.2) is 5.16 Å². The van der Waals surface area contributed by atoms with Crippen molar-refractivity contribution in [3.8, 4) is 0 Å². The molecule has 2 fully saturated rings. The highest BCUT2D eigenvalue weighted by atomic mass is 16.4. The van der Waals surface area contributed by atoms with E-state index in [1.807, 2.05) is 0 Å². The molecule has 2 aliphatic rings. The summed E-state index contributed by atoms with van der Waals surface area (Å²) in [6, 6.07) is 0. The summed E-state index contributed by atoms with van der Waals surface area (Å²) < 4.78 is 0. The predicted octanol–water partition coefficient (Wildman–Crippen LogP) is 2.42. The number of hydrogen-bond acceptors (Lipinski definition) is 3. The van der Waals surface area contributed by atoms with Gasteiger partial charge in [-0.2, -0.15) is 0 Å². The fourth-order valence-electron chi connectivity index (χ4n) is 3.07. The largest absolute Gasteiger partial charge is 0.409 e. The van der Waals surface area contributed by atoms with Crippen molar-refractivity contribution in [2.45, 2.75) is 52.4 Å². The third kappa shape index (κ3) is 3.16. The summed E-state index contributed by atoms with van der Waals surface area (Å²) in [4.78, 5) is 2.58. The number of amidine groups is 1. The minimum atomic E-state index is 0.316. The number of nitrogens with two attached hydrogens (primary N) is 1. The van der Waals surface area contributed by atoms with Crippen LogP contribution in [0.25, 0.3) is 0 Å². The minimum Gasteiger partial charge on any atom is -0.409 e. The molecule has 0 spiro atoms. The molecule has 1 aliphatic heterocycles. The molecule has 104 valence electrons. The second-order valence-corrected chi connectivity index (χ2v) is 6.71. The highest BCUT2D eigenvalue weighted by Crippen LogP contribution is 2.50. The molecule has 1 saturated carbocycles. The number of hydrogen-bond donors (Lipinski definition) is 2. The van der Waals surface area contributed by atoms with E-state index in [-0.39, 0.29) is 0 Å². The SMILES string of the molecule is CCC1(C)CCN(CC2(CC(N)=NO)CC2)CC1. The average molecular weight is 253 g/mol. The van der Waals surface area contributed by atoms with Gasteiger partial charge < -0.3 is 15.8 Å². The molecule has 0 bridgehead atoms. The summed E-state index contributed by atoms with van der Waals surface area (Å²) >= 11 is 0. The molecule has 0 amide bonds. The molecular formula is C14H27N3O. The smallest absolute Gasteiger partial charge is 0.139 e. The van der Waals surface area contributed by atoms with Gasteiger partial charge >= 0.3 is 0 Å². The first-order valence-electron chi connectivity index (χ1n) is 7.20. The van der Waals surface area contributed by atoms with Crippen LogP contribution in [0, 0.1) is 10.8 Å². The van der Waals surface area contributed by atoms with E-state index >= 15 is 0 Å². The lowest BCUT2D eigenvalue weighted by atomic mass is 9.78. The van der Waals surface area contributed by atoms with Crippen LogP contribution in [-0.2, 0) is 0 Å². The Kier molecular flexibility index (Phi) is 3.85. The topological polar surface area (TPSA) is 61.8 Å². The molecule has 4 heteroatoms. The molecule has 1 aliphatic carbocycles. The van der Waals surface area contributed by atoms with Crippen LogP contribution in [0.3, 0.4) is 0 Å². The van der Waals surface area contributed by atoms with Gasteiger partial charge in [0.1, 0.15) is 5.84 Å². The van der Waals surface area contributed by atoms with E-state index < -0.39 is 0 Å². The maximum absolute atomic E-state index is 8.68. The summed E-state index contributed by atoms with van der Waals surface area (Å²) in [6.45, 7) is 8.26. The lowest BCUT2D eigenvalue weighted by molar-refractivity contribution is 0.0979. The van der Waals surface area contributed by atoms with Gasteiger partial charge in [0.25, 0.3) is 0 Å². The number of likely N-dealkylation sites (tertiary alicyclic amines) is 1. The van der Waals surface area contributed by atoms with Crippen molar-refractivity contribution in [1.29, 1.82) is 0 Å². The van der Waals surface area contributed by atoms with Crippen molar-refractivity contribution in [1.82, 2.24) is 4.90 Å². The van der Waals surface area contributed by atoms with Crippen molar-refractivity contribution in [3.63, 3.8) is 0 Å². The predicted molar refractivity (Wildman–Crippen MR) is 73.8 cm³/mol. The Hall–Kier alpha value is -0.770. The van der Waals surface area contributed by atoms with Gasteiger partial charge in [-0.1, -0.05) is 25.4 Å². The van der Waals surface area contributed by atoms with Crippen molar-refractivity contribution in [2.24, 2.45) is 21.7 Å². The summed E-state index contributed by atoms with van der Waals surface area (Å²) in [5, 5.41) is 11.8. The molecular weight excluding hydrogens is 226 g/mol. The molecule has 0 aromatic rings. The maximum atomic E-state index is 8.68. The van der Waals surface area contributed by atoms with Gasteiger partial charge in [-0.05, 0) is 49.6 Å². The Morgan fingerprint density at radius 2 is 1.89 bits per heavy atom. The molecule has 18 heavy (non-hydrogen) atoms. The van der Waals surface area contributed by atoms with E-state index in [4.69, 9.17) is 10.9 Å². The highest BCUT2D eigenvalue weighted by molar-refractivity contribution is 5.80. The Labute approximate surface area is 110 Å². The van der Waals surface area contributed by atoms with Gasteiger partial charge in [-0.15, -0.1) is 0 Å². The van der Waals surface area contributed by atoms with Crippen LogP contribution in [0.1, 0.15) is 52.4 Å². The molecule has 0 atom stereocenters. The molecule has 1 heterocycles. The van der Waals surface area contributed by atoms with Crippen LogP contribution in [-0.4, -0.2) is 35.6 Å². The Bertz CT molecular complexity index is 315. The van der Waals surface area contributed by atoms with Crippen LogP contribution in [0.4, 0.5) is 0 Å². The second kappa shape index (κ2) is 5.08. The first kappa shape index (κ1) is 13.7. The normalized spacial score (nSPS) is 27.1. The van der Waals surface area contributed by atoms with E-state index in [9.17, 15) is 0 Å². The third-order valence-electron chi connectivity index (χ3n) is 5.12. The summed E-state index contributed by atoms with van der Waals surface area (Å²) in [5.41, 5.74) is 6.52. The van der Waals surface area contributed by atoms with E-state index in [1.165, 1.54) is 45.2 Å². The minimum absolute atomic E-state index is 0.316. The molecule has 0 radical (unpaired) electrons. The zero-order valence-electron chi connectivity index (χ0n) is 11.8. The highest BCUT2D eigenvalue weighted by Gasteiger charge is 2.45. The van der Waals surface area contributed by atoms with E-state index in [0.717, 1.165) is 13.0 Å². The molecule has 4 nitrogen and oxygen atoms in total. The Balaban J connectivity index is 1.81. The Morgan fingerprint density at radius 1 is 1.28 bits per heavy atom. The van der Waals surface area contributed by atoms with Gasteiger partial charge in [0.15, 0.2) is 0 Å². The fraction of sp³-hybridized carbons (Fsp3) is 0.929. The molecule has 1 saturated heterocycles. The average Bonchev–Trinajstić information content (AvgIpc) is 3.12. The summed E-state index contributed by atoms with van der Waals surface area (Å²) in [5.74, 6) is 0.392. The zero-order valence-corrected chi connectivity index (χ0v) is 11.8. The molecule has 0 aromatic heterocycles. The summed E-state index contributed by atoms with van der Waals surface area (Å²) in [7, 11) is 0. The van der Waals surface area contributed by atoms with E-state index in [1.54, 1.807) is 0 Å². The van der Waals surface area contributed by atoms with Crippen molar-refractivity contribution in [2.75, 3.05) is 19.6 Å². The molecule has 3 N–H and O–H groups in total. The second-order valence-electron chi connectivity index (χ2n) is 6.71. The monoisotopic (exact) mass is 253 g/mol. The quantitative estimate of drug-likeness (QED) is 0.342. The van der Waals surface area contributed by atoms with E-state index in [2.05, 4.69) is 23.9 Å².